The highest BCUT2D eigenvalue weighted by atomic mass is 32.2. The van der Waals surface area contributed by atoms with E-state index in [9.17, 15) is 39.4 Å². The first-order valence-corrected chi connectivity index (χ1v) is 14.0. The van der Waals surface area contributed by atoms with Gasteiger partial charge in [-0.25, -0.2) is 14.4 Å². The van der Waals surface area contributed by atoms with Crippen LogP contribution >= 0.6 is 11.8 Å². The first-order chi connectivity index (χ1) is 20.9. The van der Waals surface area contributed by atoms with Gasteiger partial charge in [0, 0.05) is 50.7 Å². The Kier molecular flexibility index (Phi) is 9.75. The maximum atomic E-state index is 13.6. The van der Waals surface area contributed by atoms with Gasteiger partial charge in [0.1, 0.15) is 25.7 Å². The number of nitrogens with one attached hydrogen (secondary N) is 1. The van der Waals surface area contributed by atoms with Gasteiger partial charge in [-0.15, -0.1) is 0 Å². The van der Waals surface area contributed by atoms with Crippen molar-refractivity contribution in [3.8, 4) is 0 Å². The molecule has 15 nitrogen and oxygen atoms in total. The molecule has 3 unspecified atom stereocenters. The van der Waals surface area contributed by atoms with E-state index >= 15 is 0 Å². The first-order valence-electron chi connectivity index (χ1n) is 13.1. The van der Waals surface area contributed by atoms with E-state index in [4.69, 9.17) is 14.2 Å². The lowest BCUT2D eigenvalue weighted by atomic mass is 9.96. The van der Waals surface area contributed by atoms with E-state index in [1.807, 2.05) is 0 Å². The number of β-lactam (4-membered cyclic amide) rings is 1. The van der Waals surface area contributed by atoms with Crippen molar-refractivity contribution >= 4 is 47.1 Å². The quantitative estimate of drug-likeness (QED) is 0.115. The average Bonchev–Trinajstić information content (AvgIpc) is 3.25. The number of thioether (sulfide) groups is 1. The van der Waals surface area contributed by atoms with Crippen LogP contribution in [0.4, 0.5) is 16.2 Å². The second kappa shape index (κ2) is 13.5. The molecule has 2 aromatic rings. The van der Waals surface area contributed by atoms with Gasteiger partial charge in [0.05, 0.1) is 14.8 Å². The predicted molar refractivity (Wildman–Crippen MR) is 153 cm³/mol. The highest BCUT2D eigenvalue weighted by Gasteiger charge is 2.69. The van der Waals surface area contributed by atoms with Crippen LogP contribution in [0.1, 0.15) is 37.8 Å². The topological polar surface area (TPSA) is 194 Å². The number of carbonyl (C=O) groups excluding carboxylic acids is 4. The molecule has 4 rings (SSSR count). The molecule has 2 aliphatic heterocycles. The molecule has 3 atom stereocenters. The molecule has 0 bridgehead atoms. The SMILES string of the molecule is CC(=O)NC=CSC1=C(C(=O)OCc2ccc([N+](=O)[O-])cc2)[N+]2(C(C)OC(=O)OCc3ccc([N+](=O)[O-])cc3)C(=O)CC2C1. The third kappa shape index (κ3) is 6.76. The minimum Gasteiger partial charge on any atom is -0.453 e. The number of fused-ring (bicyclic) bond motifs is 1. The van der Waals surface area contributed by atoms with E-state index in [0.717, 1.165) is 11.8 Å². The van der Waals surface area contributed by atoms with E-state index < -0.39 is 38.7 Å². The van der Waals surface area contributed by atoms with Crippen LogP contribution in [0.3, 0.4) is 0 Å². The summed E-state index contributed by atoms with van der Waals surface area (Å²) < 4.78 is 15.6. The number of non-ortho nitro benzene ring substituents is 2. The number of rotatable bonds is 12. The fourth-order valence-electron chi connectivity index (χ4n) is 4.99. The number of nitro benzene ring substituents is 2. The molecule has 2 aromatic carbocycles. The summed E-state index contributed by atoms with van der Waals surface area (Å²) in [5, 5.41) is 25.8. The van der Waals surface area contributed by atoms with Crippen LogP contribution < -0.4 is 5.32 Å². The molecular weight excluding hydrogens is 600 g/mol. The lowest BCUT2D eigenvalue weighted by Gasteiger charge is -2.47. The van der Waals surface area contributed by atoms with Crippen molar-refractivity contribution in [2.24, 2.45) is 0 Å². The molecule has 2 heterocycles. The van der Waals surface area contributed by atoms with Crippen LogP contribution in [0.15, 0.2) is 70.7 Å². The number of amides is 2. The van der Waals surface area contributed by atoms with Crippen molar-refractivity contribution in [2.75, 3.05) is 0 Å². The summed E-state index contributed by atoms with van der Waals surface area (Å²) in [5.41, 5.74) is 0.651. The average molecular weight is 628 g/mol. The van der Waals surface area contributed by atoms with Crippen LogP contribution in [0, 0.1) is 20.2 Å². The number of ether oxygens (including phenoxy) is 3. The number of quaternary nitrogens is 1. The van der Waals surface area contributed by atoms with Crippen LogP contribution in [0.5, 0.6) is 0 Å². The smallest absolute Gasteiger partial charge is 0.453 e. The third-order valence-electron chi connectivity index (χ3n) is 7.07. The normalized spacial score (nSPS) is 19.5. The van der Waals surface area contributed by atoms with Gasteiger partial charge >= 0.3 is 18.0 Å². The van der Waals surface area contributed by atoms with Crippen molar-refractivity contribution in [3.05, 3.63) is 102 Å². The summed E-state index contributed by atoms with van der Waals surface area (Å²) in [5.74, 6) is -1.53. The van der Waals surface area contributed by atoms with E-state index in [2.05, 4.69) is 5.32 Å². The predicted octanol–water partition coefficient (Wildman–Crippen LogP) is 4.32. The summed E-state index contributed by atoms with van der Waals surface area (Å²) in [6, 6.07) is 10.4. The molecule has 2 aliphatic rings. The van der Waals surface area contributed by atoms with Crippen molar-refractivity contribution < 1.29 is 47.7 Å². The van der Waals surface area contributed by atoms with Crippen molar-refractivity contribution in [2.45, 2.75) is 52.2 Å². The molecule has 0 spiro atoms. The molecule has 230 valence electrons. The Balaban J connectivity index is 1.53. The standard InChI is InChI=1S/C28H26N4O11S/c1-17(33)29-11-12-44-24-13-23-14-25(34)32(23,26(24)27(35)41-15-19-3-7-21(8-4-19)30(37)38)18(2)43-28(36)42-16-20-5-9-22(10-6-20)31(39)40/h3-12,18,23H,13-16H2,1-2H3/p+1. The number of hydrogen-bond acceptors (Lipinski definition) is 12. The Morgan fingerprint density at radius 3 is 2.02 bits per heavy atom. The van der Waals surface area contributed by atoms with Crippen molar-refractivity contribution in [1.29, 1.82) is 0 Å². The summed E-state index contributed by atoms with van der Waals surface area (Å²) in [7, 11) is 0. The summed E-state index contributed by atoms with van der Waals surface area (Å²) in [6.07, 6.45) is -0.521. The Hall–Kier alpha value is -5.09. The zero-order valence-electron chi connectivity index (χ0n) is 23.5. The molecule has 0 aromatic heterocycles. The second-order valence-electron chi connectivity index (χ2n) is 9.81. The zero-order chi connectivity index (χ0) is 32.0. The minimum absolute atomic E-state index is 0.0266. The van der Waals surface area contributed by atoms with Gasteiger partial charge in [0.25, 0.3) is 11.4 Å². The lowest BCUT2D eigenvalue weighted by Crippen LogP contribution is -2.71. The summed E-state index contributed by atoms with van der Waals surface area (Å²) in [4.78, 5) is 71.9. The Labute approximate surface area is 254 Å². The van der Waals surface area contributed by atoms with Gasteiger partial charge in [0.15, 0.2) is 0 Å². The largest absolute Gasteiger partial charge is 0.513 e. The third-order valence-corrected chi connectivity index (χ3v) is 7.99. The van der Waals surface area contributed by atoms with E-state index in [1.54, 1.807) is 0 Å². The molecule has 16 heteroatoms. The first kappa shape index (κ1) is 31.8. The van der Waals surface area contributed by atoms with Gasteiger partial charge in [-0.3, -0.25) is 25.0 Å². The molecular formula is C28H27N4O11S+. The second-order valence-corrected chi connectivity index (χ2v) is 10.8. The van der Waals surface area contributed by atoms with Crippen LogP contribution in [0.25, 0.3) is 0 Å². The molecule has 0 radical (unpaired) electrons. The van der Waals surface area contributed by atoms with Crippen LogP contribution in [0.2, 0.25) is 0 Å². The Bertz CT molecular complexity index is 1560. The van der Waals surface area contributed by atoms with Gasteiger partial charge in [-0.2, -0.15) is 4.48 Å². The number of nitro groups is 2. The molecule has 0 saturated carbocycles. The minimum atomic E-state index is -1.19. The molecule has 0 aliphatic carbocycles. The maximum absolute atomic E-state index is 13.6. The Morgan fingerprint density at radius 2 is 1.52 bits per heavy atom. The fourth-order valence-corrected chi connectivity index (χ4v) is 5.92. The van der Waals surface area contributed by atoms with E-state index in [1.165, 1.54) is 74.0 Å². The summed E-state index contributed by atoms with van der Waals surface area (Å²) >= 11 is 1.11. The van der Waals surface area contributed by atoms with Gasteiger partial charge < -0.3 is 19.5 Å². The highest BCUT2D eigenvalue weighted by Crippen LogP contribution is 2.52. The van der Waals surface area contributed by atoms with Gasteiger partial charge in [-0.1, -0.05) is 11.8 Å². The number of esters is 1. The molecule has 2 amide bonds. The molecule has 1 N–H and O–H groups in total. The fraction of sp³-hybridized carbons (Fsp3) is 0.286. The monoisotopic (exact) mass is 627 g/mol. The summed E-state index contributed by atoms with van der Waals surface area (Å²) in [6.45, 7) is 2.29. The van der Waals surface area contributed by atoms with E-state index in [0.29, 0.717) is 16.0 Å². The van der Waals surface area contributed by atoms with Crippen molar-refractivity contribution in [3.63, 3.8) is 0 Å². The number of hydrogen-bond donors (Lipinski definition) is 1. The number of benzene rings is 2. The van der Waals surface area contributed by atoms with Crippen molar-refractivity contribution in [1.82, 2.24) is 5.32 Å². The molecule has 1 fully saturated rings. The zero-order valence-corrected chi connectivity index (χ0v) is 24.3. The number of carbonyl (C=O) groups is 4. The Morgan fingerprint density at radius 1 is 0.977 bits per heavy atom. The molecule has 1 saturated heterocycles. The van der Waals surface area contributed by atoms with Gasteiger partial charge in [0.2, 0.25) is 17.8 Å². The highest BCUT2D eigenvalue weighted by molar-refractivity contribution is 8.05. The van der Waals surface area contributed by atoms with Gasteiger partial charge in [-0.05, 0) is 40.8 Å². The number of nitrogens with zero attached hydrogens (tertiary/aromatic N) is 3. The molecule has 44 heavy (non-hydrogen) atoms. The van der Waals surface area contributed by atoms with E-state index in [-0.39, 0.29) is 54.9 Å². The maximum Gasteiger partial charge on any atom is 0.513 e. The van der Waals surface area contributed by atoms with Crippen LogP contribution in [-0.2, 0) is 41.8 Å². The lowest BCUT2D eigenvalue weighted by molar-refractivity contribution is -0.903. The van der Waals surface area contributed by atoms with Crippen LogP contribution in [-0.4, -0.2) is 50.5 Å².